The monoisotopic (exact) mass is 375 g/mol. The van der Waals surface area contributed by atoms with Gasteiger partial charge in [0.15, 0.2) is 0 Å². The SMILES string of the molecule is Cc1ccc(C(=O)Nc2cc3[nH]c(=O)[nH]c3cc2N2CCCC2)n1C(F)F. The molecule has 0 radical (unpaired) electrons. The Balaban J connectivity index is 1.75. The third-order valence-corrected chi connectivity index (χ3v) is 4.88. The number of nitrogens with one attached hydrogen (secondary N) is 3. The van der Waals surface area contributed by atoms with Gasteiger partial charge in [0.1, 0.15) is 5.69 Å². The Morgan fingerprint density at radius 3 is 2.48 bits per heavy atom. The fourth-order valence-electron chi connectivity index (χ4n) is 3.57. The molecule has 2 aromatic heterocycles. The van der Waals surface area contributed by atoms with E-state index in [4.69, 9.17) is 0 Å². The standard InChI is InChI=1S/C18H19F2N5O2/c1-10-4-5-14(25(10)17(19)20)16(26)21-13-8-11-12(23-18(27)22-11)9-15(13)24-6-2-3-7-24/h4-5,8-9,17H,2-3,6-7H2,1H3,(H,21,26)(H2,22,23,27). The number of imidazole rings is 1. The first-order valence-corrected chi connectivity index (χ1v) is 8.72. The third-order valence-electron chi connectivity index (χ3n) is 4.88. The zero-order valence-corrected chi connectivity index (χ0v) is 14.7. The van der Waals surface area contributed by atoms with E-state index in [1.165, 1.54) is 19.1 Å². The van der Waals surface area contributed by atoms with Crippen LogP contribution in [0.5, 0.6) is 0 Å². The van der Waals surface area contributed by atoms with Crippen molar-refractivity contribution in [2.24, 2.45) is 0 Å². The van der Waals surface area contributed by atoms with Crippen LogP contribution in [0.25, 0.3) is 11.0 Å². The van der Waals surface area contributed by atoms with E-state index in [1.807, 2.05) is 0 Å². The Labute approximate surface area is 153 Å². The number of carbonyl (C=O) groups is 1. The molecule has 4 rings (SSSR count). The van der Waals surface area contributed by atoms with Gasteiger partial charge in [-0.3, -0.25) is 9.36 Å². The molecule has 7 nitrogen and oxygen atoms in total. The maximum atomic E-state index is 13.3. The average Bonchev–Trinajstić information content (AvgIpc) is 3.32. The number of aromatic nitrogens is 3. The highest BCUT2D eigenvalue weighted by molar-refractivity contribution is 6.06. The Morgan fingerprint density at radius 1 is 1.15 bits per heavy atom. The van der Waals surface area contributed by atoms with E-state index >= 15 is 0 Å². The molecule has 27 heavy (non-hydrogen) atoms. The lowest BCUT2D eigenvalue weighted by atomic mass is 10.2. The van der Waals surface area contributed by atoms with Crippen LogP contribution in [0.3, 0.4) is 0 Å². The molecule has 1 saturated heterocycles. The Kier molecular flexibility index (Phi) is 4.21. The molecule has 0 bridgehead atoms. The van der Waals surface area contributed by atoms with E-state index in [1.54, 1.807) is 12.1 Å². The number of benzene rings is 1. The van der Waals surface area contributed by atoms with Crippen LogP contribution in [-0.4, -0.2) is 33.5 Å². The lowest BCUT2D eigenvalue weighted by molar-refractivity contribution is 0.0632. The minimum absolute atomic E-state index is 0.113. The number of halogens is 2. The molecule has 3 N–H and O–H groups in total. The third kappa shape index (κ3) is 3.09. The summed E-state index contributed by atoms with van der Waals surface area (Å²) in [5.74, 6) is -0.624. The summed E-state index contributed by atoms with van der Waals surface area (Å²) in [7, 11) is 0. The summed E-state index contributed by atoms with van der Waals surface area (Å²) in [5.41, 5.74) is 2.26. The van der Waals surface area contributed by atoms with Gasteiger partial charge in [0.2, 0.25) is 0 Å². The van der Waals surface area contributed by atoms with Gasteiger partial charge in [0, 0.05) is 18.8 Å². The van der Waals surface area contributed by atoms with Crippen LogP contribution in [0.2, 0.25) is 0 Å². The molecule has 1 fully saturated rings. The molecule has 3 aromatic rings. The summed E-state index contributed by atoms with van der Waals surface area (Å²) >= 11 is 0. The first-order valence-electron chi connectivity index (χ1n) is 8.72. The molecule has 9 heteroatoms. The first-order chi connectivity index (χ1) is 12.9. The predicted octanol–water partition coefficient (Wildman–Crippen LogP) is 3.21. The minimum atomic E-state index is -2.80. The highest BCUT2D eigenvalue weighted by Crippen LogP contribution is 2.32. The average molecular weight is 375 g/mol. The number of aryl methyl sites for hydroxylation is 1. The van der Waals surface area contributed by atoms with E-state index < -0.39 is 12.5 Å². The van der Waals surface area contributed by atoms with Crippen molar-refractivity contribution in [1.29, 1.82) is 0 Å². The minimum Gasteiger partial charge on any atom is -0.370 e. The van der Waals surface area contributed by atoms with E-state index in [9.17, 15) is 18.4 Å². The summed E-state index contributed by atoms with van der Waals surface area (Å²) in [6.07, 6.45) is 2.06. The molecule has 3 heterocycles. The van der Waals surface area contributed by atoms with Crippen LogP contribution in [-0.2, 0) is 0 Å². The summed E-state index contributed by atoms with van der Waals surface area (Å²) in [4.78, 5) is 31.8. The molecule has 0 atom stereocenters. The maximum absolute atomic E-state index is 13.3. The second kappa shape index (κ2) is 6.57. The number of anilines is 2. The lowest BCUT2D eigenvalue weighted by Gasteiger charge is -2.22. The Morgan fingerprint density at radius 2 is 1.81 bits per heavy atom. The number of amides is 1. The molecule has 0 spiro atoms. The van der Waals surface area contributed by atoms with Gasteiger partial charge >= 0.3 is 12.2 Å². The van der Waals surface area contributed by atoms with Crippen LogP contribution < -0.4 is 15.9 Å². The van der Waals surface area contributed by atoms with Crippen molar-refractivity contribution >= 4 is 28.3 Å². The van der Waals surface area contributed by atoms with Crippen LogP contribution >= 0.6 is 0 Å². The zero-order valence-electron chi connectivity index (χ0n) is 14.7. The van der Waals surface area contributed by atoms with Gasteiger partial charge in [-0.25, -0.2) is 4.79 Å². The van der Waals surface area contributed by atoms with Gasteiger partial charge < -0.3 is 20.2 Å². The summed E-state index contributed by atoms with van der Waals surface area (Å²) in [6, 6.07) is 6.31. The highest BCUT2D eigenvalue weighted by Gasteiger charge is 2.22. The molecule has 0 saturated carbocycles. The first kappa shape index (κ1) is 17.3. The second-order valence-corrected chi connectivity index (χ2v) is 6.65. The molecule has 1 aliphatic heterocycles. The van der Waals surface area contributed by atoms with Gasteiger partial charge in [-0.1, -0.05) is 0 Å². The van der Waals surface area contributed by atoms with Crippen LogP contribution in [0.15, 0.2) is 29.1 Å². The smallest absolute Gasteiger partial charge is 0.323 e. The van der Waals surface area contributed by atoms with Crippen molar-refractivity contribution in [2.75, 3.05) is 23.3 Å². The highest BCUT2D eigenvalue weighted by atomic mass is 19.3. The number of nitrogens with zero attached hydrogens (tertiary/aromatic N) is 2. The molecule has 0 aliphatic carbocycles. The van der Waals surface area contributed by atoms with Crippen LogP contribution in [0.1, 0.15) is 35.6 Å². The van der Waals surface area contributed by atoms with Crippen molar-refractivity contribution in [2.45, 2.75) is 26.3 Å². The number of aromatic amines is 2. The molecule has 142 valence electrons. The quantitative estimate of drug-likeness (QED) is 0.655. The fraction of sp³-hybridized carbons (Fsp3) is 0.333. The Hall–Kier alpha value is -3.10. The molecule has 1 aromatic carbocycles. The van der Waals surface area contributed by atoms with Gasteiger partial charge in [-0.05, 0) is 44.0 Å². The number of hydrogen-bond donors (Lipinski definition) is 3. The number of carbonyl (C=O) groups excluding carboxylic acids is 1. The molecule has 0 unspecified atom stereocenters. The van der Waals surface area contributed by atoms with Gasteiger partial charge in [0.05, 0.1) is 22.4 Å². The largest absolute Gasteiger partial charge is 0.370 e. The Bertz CT molecular complexity index is 1060. The maximum Gasteiger partial charge on any atom is 0.323 e. The van der Waals surface area contributed by atoms with Gasteiger partial charge in [0.25, 0.3) is 5.91 Å². The number of fused-ring (bicyclic) bond motifs is 1. The van der Waals surface area contributed by atoms with E-state index in [-0.39, 0.29) is 11.4 Å². The zero-order chi connectivity index (χ0) is 19.1. The molecule has 1 amide bonds. The van der Waals surface area contributed by atoms with E-state index in [0.29, 0.717) is 27.0 Å². The normalized spacial score (nSPS) is 14.4. The second-order valence-electron chi connectivity index (χ2n) is 6.65. The molecular weight excluding hydrogens is 356 g/mol. The lowest BCUT2D eigenvalue weighted by Crippen LogP contribution is -2.22. The topological polar surface area (TPSA) is 85.9 Å². The van der Waals surface area contributed by atoms with E-state index in [0.717, 1.165) is 31.6 Å². The predicted molar refractivity (Wildman–Crippen MR) is 98.7 cm³/mol. The number of H-pyrrole nitrogens is 2. The summed E-state index contributed by atoms with van der Waals surface area (Å²) in [5, 5.41) is 2.74. The van der Waals surface area contributed by atoms with Crippen LogP contribution in [0.4, 0.5) is 20.2 Å². The van der Waals surface area contributed by atoms with Crippen molar-refractivity contribution in [3.05, 3.63) is 46.1 Å². The number of rotatable bonds is 4. The van der Waals surface area contributed by atoms with Crippen LogP contribution in [0, 0.1) is 6.92 Å². The molecular formula is C18H19F2N5O2. The van der Waals surface area contributed by atoms with Crippen molar-refractivity contribution < 1.29 is 13.6 Å². The fourth-order valence-corrected chi connectivity index (χ4v) is 3.57. The van der Waals surface area contributed by atoms with E-state index in [2.05, 4.69) is 20.2 Å². The van der Waals surface area contributed by atoms with Crippen molar-refractivity contribution in [3.8, 4) is 0 Å². The van der Waals surface area contributed by atoms with Crippen molar-refractivity contribution in [1.82, 2.24) is 14.5 Å². The van der Waals surface area contributed by atoms with Gasteiger partial charge in [-0.15, -0.1) is 0 Å². The molecule has 1 aliphatic rings. The summed E-state index contributed by atoms with van der Waals surface area (Å²) in [6.45, 7) is 0.377. The number of alkyl halides is 2. The summed E-state index contributed by atoms with van der Waals surface area (Å²) < 4.78 is 27.3. The van der Waals surface area contributed by atoms with Crippen molar-refractivity contribution in [3.63, 3.8) is 0 Å². The van der Waals surface area contributed by atoms with Gasteiger partial charge in [-0.2, -0.15) is 8.78 Å². The number of hydrogen-bond acceptors (Lipinski definition) is 3.